The van der Waals surface area contributed by atoms with Crippen LogP contribution in [0.25, 0.3) is 17.2 Å². The second kappa shape index (κ2) is 9.23. The van der Waals surface area contributed by atoms with Crippen LogP contribution in [0.1, 0.15) is 29.0 Å². The van der Waals surface area contributed by atoms with Gasteiger partial charge < -0.3 is 15.2 Å². The van der Waals surface area contributed by atoms with Gasteiger partial charge in [-0.25, -0.2) is 9.18 Å². The number of alkyl carbamates (subject to hydrolysis) is 1. The third-order valence-electron chi connectivity index (χ3n) is 5.28. The van der Waals surface area contributed by atoms with E-state index >= 15 is 0 Å². The fourth-order valence-electron chi connectivity index (χ4n) is 3.83. The number of hydrogen-bond acceptors (Lipinski definition) is 3. The summed E-state index contributed by atoms with van der Waals surface area (Å²) in [5.41, 5.74) is 4.96. The molecule has 0 bridgehead atoms. The van der Waals surface area contributed by atoms with Gasteiger partial charge in [-0.3, -0.25) is 0 Å². The molecule has 3 aromatic carbocycles. The summed E-state index contributed by atoms with van der Waals surface area (Å²) in [7, 11) is 0. The second-order valence-electron chi connectivity index (χ2n) is 7.27. The number of rotatable bonds is 6. The topological polar surface area (TPSA) is 58.6 Å². The summed E-state index contributed by atoms with van der Waals surface area (Å²) in [5.74, 6) is -1.21. The maximum absolute atomic E-state index is 13.5. The van der Waals surface area contributed by atoms with Gasteiger partial charge in [0.05, 0.1) is 0 Å². The van der Waals surface area contributed by atoms with Crippen LogP contribution < -0.4 is 5.32 Å². The van der Waals surface area contributed by atoms with Crippen LogP contribution in [0.3, 0.4) is 0 Å². The molecule has 0 saturated heterocycles. The number of phenolic OH excluding ortho intramolecular Hbond substituents is 1. The van der Waals surface area contributed by atoms with Crippen molar-refractivity contribution in [3.05, 3.63) is 94.3 Å². The number of nitrogens with one attached hydrogen (secondary N) is 1. The normalized spacial score (nSPS) is 12.6. The number of halogens is 2. The van der Waals surface area contributed by atoms with E-state index in [1.54, 1.807) is 12.2 Å². The SMILES string of the molecule is O=C(NCCC=Cc1cc(Cl)cc(F)c1O)OCC1c2ccccc2-c2ccccc21. The highest BCUT2D eigenvalue weighted by Crippen LogP contribution is 2.44. The molecule has 1 aliphatic carbocycles. The number of carbonyl (C=O) groups excluding carboxylic acids is 1. The molecule has 0 fully saturated rings. The molecule has 0 aliphatic heterocycles. The zero-order valence-corrected chi connectivity index (χ0v) is 17.4. The summed E-state index contributed by atoms with van der Waals surface area (Å²) in [6.07, 6.45) is 3.27. The van der Waals surface area contributed by atoms with E-state index in [4.69, 9.17) is 16.3 Å². The van der Waals surface area contributed by atoms with E-state index in [0.29, 0.717) is 13.0 Å². The average molecular weight is 438 g/mol. The smallest absolute Gasteiger partial charge is 0.407 e. The van der Waals surface area contributed by atoms with Crippen molar-refractivity contribution in [1.29, 1.82) is 0 Å². The van der Waals surface area contributed by atoms with Gasteiger partial charge in [0.1, 0.15) is 6.61 Å². The lowest BCUT2D eigenvalue weighted by atomic mass is 9.98. The summed E-state index contributed by atoms with van der Waals surface area (Å²) in [5, 5.41) is 12.6. The van der Waals surface area contributed by atoms with Crippen LogP contribution >= 0.6 is 11.6 Å². The molecule has 0 spiro atoms. The standard InChI is InChI=1S/C25H21ClFNO3/c26-17-13-16(24(29)23(27)14-17)7-5-6-12-28-25(30)31-15-22-20-10-3-1-8-18(20)19-9-2-4-11-21(19)22/h1-5,7-11,13-14,22,29H,6,12,15H2,(H,28,30). The van der Waals surface area contributed by atoms with E-state index in [1.807, 2.05) is 24.3 Å². The number of carbonyl (C=O) groups is 1. The van der Waals surface area contributed by atoms with Crippen molar-refractivity contribution >= 4 is 23.8 Å². The largest absolute Gasteiger partial charge is 0.504 e. The zero-order valence-electron chi connectivity index (χ0n) is 16.6. The Morgan fingerprint density at radius 1 is 1.10 bits per heavy atom. The molecule has 0 aromatic heterocycles. The Hall–Kier alpha value is -3.31. The van der Waals surface area contributed by atoms with Gasteiger partial charge in [0.2, 0.25) is 0 Å². The van der Waals surface area contributed by atoms with Crippen LogP contribution in [0.2, 0.25) is 5.02 Å². The Morgan fingerprint density at radius 2 is 1.74 bits per heavy atom. The van der Waals surface area contributed by atoms with E-state index in [2.05, 4.69) is 29.6 Å². The zero-order chi connectivity index (χ0) is 21.8. The quantitative estimate of drug-likeness (QED) is 0.456. The minimum atomic E-state index is -0.774. The van der Waals surface area contributed by atoms with Crippen LogP contribution in [0, 0.1) is 5.82 Å². The van der Waals surface area contributed by atoms with E-state index in [-0.39, 0.29) is 23.1 Å². The number of benzene rings is 3. The lowest BCUT2D eigenvalue weighted by molar-refractivity contribution is 0.143. The van der Waals surface area contributed by atoms with Gasteiger partial charge in [-0.15, -0.1) is 0 Å². The van der Waals surface area contributed by atoms with E-state index in [1.165, 1.54) is 17.2 Å². The average Bonchev–Trinajstić information content (AvgIpc) is 3.09. The van der Waals surface area contributed by atoms with Gasteiger partial charge in [0.15, 0.2) is 11.6 Å². The van der Waals surface area contributed by atoms with Crippen molar-refractivity contribution in [2.75, 3.05) is 13.2 Å². The highest BCUT2D eigenvalue weighted by Gasteiger charge is 2.28. The van der Waals surface area contributed by atoms with Crippen LogP contribution in [0.4, 0.5) is 9.18 Å². The van der Waals surface area contributed by atoms with Gasteiger partial charge in [-0.05, 0) is 40.8 Å². The minimum absolute atomic E-state index is 0.0127. The Balaban J connectivity index is 1.29. The Morgan fingerprint density at radius 3 is 2.42 bits per heavy atom. The summed E-state index contributed by atoms with van der Waals surface area (Å²) >= 11 is 5.80. The second-order valence-corrected chi connectivity index (χ2v) is 7.71. The predicted molar refractivity (Wildman–Crippen MR) is 120 cm³/mol. The van der Waals surface area contributed by atoms with Gasteiger partial charge in [-0.1, -0.05) is 72.3 Å². The Bertz CT molecular complexity index is 1100. The first-order valence-corrected chi connectivity index (χ1v) is 10.4. The molecule has 4 rings (SSSR count). The maximum Gasteiger partial charge on any atom is 0.407 e. The molecule has 0 saturated carbocycles. The van der Waals surface area contributed by atoms with Crippen LogP contribution in [0.5, 0.6) is 5.75 Å². The van der Waals surface area contributed by atoms with Crippen molar-refractivity contribution in [1.82, 2.24) is 5.32 Å². The van der Waals surface area contributed by atoms with E-state index in [0.717, 1.165) is 17.2 Å². The minimum Gasteiger partial charge on any atom is -0.504 e. The lowest BCUT2D eigenvalue weighted by Gasteiger charge is -2.14. The molecule has 158 valence electrons. The molecule has 2 N–H and O–H groups in total. The van der Waals surface area contributed by atoms with Gasteiger partial charge in [0, 0.05) is 23.0 Å². The molecule has 0 heterocycles. The summed E-state index contributed by atoms with van der Waals surface area (Å²) in [6.45, 7) is 0.600. The van der Waals surface area contributed by atoms with Crippen LogP contribution in [-0.2, 0) is 4.74 Å². The number of hydrogen-bond donors (Lipinski definition) is 2. The molecule has 1 amide bonds. The first kappa shape index (κ1) is 20.9. The molecule has 0 unspecified atom stereocenters. The molecular formula is C25H21ClFNO3. The number of fused-ring (bicyclic) bond motifs is 3. The maximum atomic E-state index is 13.5. The molecule has 4 nitrogen and oxygen atoms in total. The molecule has 3 aromatic rings. The van der Waals surface area contributed by atoms with Crippen molar-refractivity contribution in [3.8, 4) is 16.9 Å². The first-order chi connectivity index (χ1) is 15.0. The molecule has 6 heteroatoms. The molecule has 1 aliphatic rings. The highest BCUT2D eigenvalue weighted by atomic mass is 35.5. The number of amides is 1. The lowest BCUT2D eigenvalue weighted by Crippen LogP contribution is -2.26. The summed E-state index contributed by atoms with van der Waals surface area (Å²) < 4.78 is 19.0. The Labute approximate surface area is 184 Å². The van der Waals surface area contributed by atoms with Gasteiger partial charge >= 0.3 is 6.09 Å². The molecule has 0 atom stereocenters. The number of ether oxygens (including phenoxy) is 1. The van der Waals surface area contributed by atoms with Crippen molar-refractivity contribution in [2.45, 2.75) is 12.3 Å². The van der Waals surface area contributed by atoms with Crippen molar-refractivity contribution in [2.24, 2.45) is 0 Å². The molecule has 31 heavy (non-hydrogen) atoms. The fraction of sp³-hybridized carbons (Fsp3) is 0.160. The third kappa shape index (κ3) is 4.57. The van der Waals surface area contributed by atoms with Crippen molar-refractivity contribution < 1.29 is 19.0 Å². The van der Waals surface area contributed by atoms with Crippen LogP contribution in [0.15, 0.2) is 66.7 Å². The monoisotopic (exact) mass is 437 g/mol. The number of aromatic hydroxyl groups is 1. The Kier molecular flexibility index (Phi) is 6.23. The van der Waals surface area contributed by atoms with Crippen molar-refractivity contribution in [3.63, 3.8) is 0 Å². The van der Waals surface area contributed by atoms with Gasteiger partial charge in [0.25, 0.3) is 0 Å². The molecule has 0 radical (unpaired) electrons. The number of phenols is 1. The van der Waals surface area contributed by atoms with Crippen LogP contribution in [-0.4, -0.2) is 24.4 Å². The fourth-order valence-corrected chi connectivity index (χ4v) is 4.04. The summed E-state index contributed by atoms with van der Waals surface area (Å²) in [6, 6.07) is 18.8. The molecular weight excluding hydrogens is 417 g/mol. The van der Waals surface area contributed by atoms with E-state index in [9.17, 15) is 14.3 Å². The predicted octanol–water partition coefficient (Wildman–Crippen LogP) is 6.13. The first-order valence-electron chi connectivity index (χ1n) is 9.98. The summed E-state index contributed by atoms with van der Waals surface area (Å²) in [4.78, 5) is 12.1. The van der Waals surface area contributed by atoms with Gasteiger partial charge in [-0.2, -0.15) is 0 Å². The highest BCUT2D eigenvalue weighted by molar-refractivity contribution is 6.30. The third-order valence-corrected chi connectivity index (χ3v) is 5.50. The van der Waals surface area contributed by atoms with E-state index < -0.39 is 17.7 Å².